The molecule has 0 aliphatic heterocycles. The first-order valence-corrected chi connectivity index (χ1v) is 7.29. The maximum absolute atomic E-state index is 11.7. The number of carbonyl (C=O) groups excluding carboxylic acids is 2. The minimum absolute atomic E-state index is 0.0815. The van der Waals surface area contributed by atoms with Crippen LogP contribution in [-0.2, 0) is 4.79 Å². The first kappa shape index (κ1) is 17.2. The van der Waals surface area contributed by atoms with Crippen molar-refractivity contribution in [3.05, 3.63) is 64.7 Å². The Balaban J connectivity index is 1.83. The third-order valence-electron chi connectivity index (χ3n) is 3.24. The highest BCUT2D eigenvalue weighted by Crippen LogP contribution is 2.18. The van der Waals surface area contributed by atoms with Gasteiger partial charge in [-0.3, -0.25) is 4.79 Å². The Hall–Kier alpha value is -3.15. The number of carboxylic acid groups (broad SMARTS) is 1. The van der Waals surface area contributed by atoms with Crippen LogP contribution in [0.25, 0.3) is 0 Å². The molecular formula is C18H17N2O4-. The van der Waals surface area contributed by atoms with E-state index < -0.39 is 11.9 Å². The zero-order valence-electron chi connectivity index (χ0n) is 13.4. The Kier molecular flexibility index (Phi) is 5.68. The fourth-order valence-corrected chi connectivity index (χ4v) is 2.02. The average molecular weight is 325 g/mol. The van der Waals surface area contributed by atoms with E-state index in [0.717, 1.165) is 11.1 Å². The third-order valence-corrected chi connectivity index (χ3v) is 3.24. The molecular weight excluding hydrogens is 308 g/mol. The summed E-state index contributed by atoms with van der Waals surface area (Å²) in [5.41, 5.74) is 5.16. The number of carboxylic acids is 1. The van der Waals surface area contributed by atoms with E-state index in [1.807, 2.05) is 32.0 Å². The molecule has 0 fully saturated rings. The molecule has 6 nitrogen and oxygen atoms in total. The second-order valence-corrected chi connectivity index (χ2v) is 5.26. The SMILES string of the molecule is Cc1ccc(OCC(=O)N/N=C\c2ccc(C(=O)[O-])cc2)c(C)c1. The Morgan fingerprint density at radius 2 is 1.88 bits per heavy atom. The lowest BCUT2D eigenvalue weighted by molar-refractivity contribution is -0.255. The van der Waals surface area contributed by atoms with Crippen LogP contribution in [0.5, 0.6) is 5.75 Å². The number of carbonyl (C=O) groups is 2. The zero-order chi connectivity index (χ0) is 17.5. The van der Waals surface area contributed by atoms with Crippen molar-refractivity contribution in [2.75, 3.05) is 6.61 Å². The summed E-state index contributed by atoms with van der Waals surface area (Å²) in [6.45, 7) is 3.75. The van der Waals surface area contributed by atoms with Gasteiger partial charge in [-0.05, 0) is 36.6 Å². The predicted molar refractivity (Wildman–Crippen MR) is 87.9 cm³/mol. The number of nitrogens with zero attached hydrogens (tertiary/aromatic N) is 1. The van der Waals surface area contributed by atoms with Gasteiger partial charge in [0.1, 0.15) is 5.75 Å². The number of hydrazone groups is 1. The quantitative estimate of drug-likeness (QED) is 0.638. The molecule has 0 atom stereocenters. The van der Waals surface area contributed by atoms with Crippen LogP contribution in [0, 0.1) is 13.8 Å². The van der Waals surface area contributed by atoms with Gasteiger partial charge in [0.05, 0.1) is 12.2 Å². The molecule has 0 radical (unpaired) electrons. The topological polar surface area (TPSA) is 90.8 Å². The Morgan fingerprint density at radius 3 is 2.50 bits per heavy atom. The number of amides is 1. The summed E-state index contributed by atoms with van der Waals surface area (Å²) in [4.78, 5) is 22.3. The van der Waals surface area contributed by atoms with Crippen LogP contribution in [0.3, 0.4) is 0 Å². The van der Waals surface area contributed by atoms with E-state index >= 15 is 0 Å². The van der Waals surface area contributed by atoms with Crippen molar-refractivity contribution < 1.29 is 19.4 Å². The van der Waals surface area contributed by atoms with E-state index in [4.69, 9.17) is 4.74 Å². The number of hydrogen-bond donors (Lipinski definition) is 1. The number of hydrogen-bond acceptors (Lipinski definition) is 5. The van der Waals surface area contributed by atoms with Crippen LogP contribution in [0.15, 0.2) is 47.6 Å². The normalized spacial score (nSPS) is 10.6. The number of aryl methyl sites for hydroxylation is 2. The minimum atomic E-state index is -1.24. The lowest BCUT2D eigenvalue weighted by Gasteiger charge is -2.08. The van der Waals surface area contributed by atoms with Crippen LogP contribution < -0.4 is 15.3 Å². The highest BCUT2D eigenvalue weighted by Gasteiger charge is 2.04. The molecule has 0 heterocycles. The van der Waals surface area contributed by atoms with Gasteiger partial charge in [0.2, 0.25) is 0 Å². The summed E-state index contributed by atoms with van der Waals surface area (Å²) in [5.74, 6) is -0.981. The lowest BCUT2D eigenvalue weighted by Crippen LogP contribution is -2.24. The smallest absolute Gasteiger partial charge is 0.277 e. The first-order valence-electron chi connectivity index (χ1n) is 7.29. The molecule has 6 heteroatoms. The van der Waals surface area contributed by atoms with Gasteiger partial charge in [0.25, 0.3) is 5.91 Å². The van der Waals surface area contributed by atoms with Crippen molar-refractivity contribution in [1.29, 1.82) is 0 Å². The third kappa shape index (κ3) is 4.95. The zero-order valence-corrected chi connectivity index (χ0v) is 13.4. The summed E-state index contributed by atoms with van der Waals surface area (Å²) < 4.78 is 5.44. The monoisotopic (exact) mass is 325 g/mol. The van der Waals surface area contributed by atoms with E-state index in [1.54, 1.807) is 12.1 Å². The van der Waals surface area contributed by atoms with Gasteiger partial charge in [0, 0.05) is 0 Å². The summed E-state index contributed by atoms with van der Waals surface area (Å²) >= 11 is 0. The summed E-state index contributed by atoms with van der Waals surface area (Å²) in [7, 11) is 0. The fraction of sp³-hybridized carbons (Fsp3) is 0.167. The maximum atomic E-state index is 11.7. The standard InChI is InChI=1S/C18H18N2O4/c1-12-3-8-16(13(2)9-12)24-11-17(21)20-19-10-14-4-6-15(7-5-14)18(22)23/h3-10H,11H2,1-2H3,(H,20,21)(H,22,23)/p-1/b19-10-. The van der Waals surface area contributed by atoms with Gasteiger partial charge in [-0.15, -0.1) is 0 Å². The van der Waals surface area contributed by atoms with E-state index in [1.165, 1.54) is 18.3 Å². The molecule has 0 spiro atoms. The van der Waals surface area contributed by atoms with Gasteiger partial charge in [-0.25, -0.2) is 5.43 Å². The van der Waals surface area contributed by atoms with E-state index in [9.17, 15) is 14.7 Å². The molecule has 24 heavy (non-hydrogen) atoms. The number of nitrogens with one attached hydrogen (secondary N) is 1. The van der Waals surface area contributed by atoms with Gasteiger partial charge in [0.15, 0.2) is 6.61 Å². The molecule has 0 aromatic heterocycles. The highest BCUT2D eigenvalue weighted by atomic mass is 16.5. The van der Waals surface area contributed by atoms with Crippen LogP contribution in [0.4, 0.5) is 0 Å². The Bertz CT molecular complexity index is 767. The number of ether oxygens (including phenoxy) is 1. The summed E-state index contributed by atoms with van der Waals surface area (Å²) in [6.07, 6.45) is 1.41. The van der Waals surface area contributed by atoms with E-state index in [-0.39, 0.29) is 12.2 Å². The molecule has 1 N–H and O–H groups in total. The Morgan fingerprint density at radius 1 is 1.17 bits per heavy atom. The number of aromatic carboxylic acids is 1. The second-order valence-electron chi connectivity index (χ2n) is 5.26. The molecule has 0 aliphatic rings. The van der Waals surface area contributed by atoms with Crippen molar-refractivity contribution in [2.45, 2.75) is 13.8 Å². The van der Waals surface area contributed by atoms with E-state index in [2.05, 4.69) is 10.5 Å². The second kappa shape index (κ2) is 7.92. The van der Waals surface area contributed by atoms with Gasteiger partial charge in [-0.2, -0.15) is 5.10 Å². The maximum Gasteiger partial charge on any atom is 0.277 e. The first-order chi connectivity index (χ1) is 11.5. The average Bonchev–Trinajstić information content (AvgIpc) is 2.54. The lowest BCUT2D eigenvalue weighted by atomic mass is 10.1. The van der Waals surface area contributed by atoms with Crippen molar-refractivity contribution >= 4 is 18.1 Å². The molecule has 1 amide bonds. The molecule has 0 bridgehead atoms. The van der Waals surface area contributed by atoms with Crippen LogP contribution in [0.2, 0.25) is 0 Å². The highest BCUT2D eigenvalue weighted by molar-refractivity contribution is 5.88. The number of benzene rings is 2. The largest absolute Gasteiger partial charge is 0.545 e. The van der Waals surface area contributed by atoms with Crippen LogP contribution in [-0.4, -0.2) is 24.7 Å². The molecule has 2 rings (SSSR count). The van der Waals surface area contributed by atoms with Crippen molar-refractivity contribution in [3.8, 4) is 5.75 Å². The molecule has 0 unspecified atom stereocenters. The summed E-state index contributed by atoms with van der Waals surface area (Å²) in [5, 5.41) is 14.4. The molecule has 124 valence electrons. The van der Waals surface area contributed by atoms with Gasteiger partial charge >= 0.3 is 0 Å². The predicted octanol–water partition coefficient (Wildman–Crippen LogP) is 1.20. The van der Waals surface area contributed by atoms with Crippen LogP contribution >= 0.6 is 0 Å². The molecule has 2 aromatic carbocycles. The summed E-state index contributed by atoms with van der Waals surface area (Å²) in [6, 6.07) is 11.6. The van der Waals surface area contributed by atoms with E-state index in [0.29, 0.717) is 11.3 Å². The Labute approximate surface area is 139 Å². The molecule has 2 aromatic rings. The fourth-order valence-electron chi connectivity index (χ4n) is 2.02. The molecule has 0 saturated carbocycles. The molecule has 0 aliphatic carbocycles. The number of rotatable bonds is 6. The van der Waals surface area contributed by atoms with Crippen LogP contribution in [0.1, 0.15) is 27.0 Å². The van der Waals surface area contributed by atoms with Crippen molar-refractivity contribution in [2.24, 2.45) is 5.10 Å². The van der Waals surface area contributed by atoms with Gasteiger partial charge in [-0.1, -0.05) is 42.0 Å². The van der Waals surface area contributed by atoms with Crippen molar-refractivity contribution in [3.63, 3.8) is 0 Å². The molecule has 0 saturated heterocycles. The minimum Gasteiger partial charge on any atom is -0.545 e. The van der Waals surface area contributed by atoms with Gasteiger partial charge < -0.3 is 14.6 Å². The van der Waals surface area contributed by atoms with Crippen molar-refractivity contribution in [1.82, 2.24) is 5.43 Å².